The van der Waals surface area contributed by atoms with Gasteiger partial charge in [0.05, 0.1) is 0 Å². The number of carbonyl (C=O) groups is 2. The van der Waals surface area contributed by atoms with Crippen LogP contribution in [0.15, 0.2) is 24.3 Å². The summed E-state index contributed by atoms with van der Waals surface area (Å²) in [5, 5.41) is 12.1. The van der Waals surface area contributed by atoms with Gasteiger partial charge in [0.2, 0.25) is 0 Å². The van der Waals surface area contributed by atoms with Gasteiger partial charge in [-0.3, -0.25) is 4.79 Å². The van der Waals surface area contributed by atoms with Gasteiger partial charge in [0, 0.05) is 5.02 Å². The first-order valence-corrected chi connectivity index (χ1v) is 6.64. The zero-order valence-corrected chi connectivity index (χ0v) is 12.3. The molecular formula is C14H18ClNO4. The Morgan fingerprint density at radius 3 is 2.20 bits per heavy atom. The third-order valence-electron chi connectivity index (χ3n) is 2.73. The molecule has 0 aliphatic rings. The Kier molecular flexibility index (Phi) is 5.82. The lowest BCUT2D eigenvalue weighted by Crippen LogP contribution is -2.48. The van der Waals surface area contributed by atoms with Crippen molar-refractivity contribution in [2.75, 3.05) is 0 Å². The molecule has 0 aromatic heterocycles. The summed E-state index contributed by atoms with van der Waals surface area (Å²) in [5.41, 5.74) is 0. The van der Waals surface area contributed by atoms with Crippen LogP contribution in [0.1, 0.15) is 20.8 Å². The van der Waals surface area contributed by atoms with Gasteiger partial charge in [-0.15, -0.1) is 0 Å². The van der Waals surface area contributed by atoms with Crippen LogP contribution >= 0.6 is 11.6 Å². The number of rotatable bonds is 6. The second-order valence-corrected chi connectivity index (χ2v) is 5.22. The number of carboxylic acids is 1. The van der Waals surface area contributed by atoms with Gasteiger partial charge >= 0.3 is 5.97 Å². The highest BCUT2D eigenvalue weighted by atomic mass is 35.5. The molecule has 110 valence electrons. The van der Waals surface area contributed by atoms with Crippen LogP contribution in [0.3, 0.4) is 0 Å². The standard InChI is InChI=1S/C14H18ClNO4/c1-8(2)12(14(18)19)16-13(17)9(3)20-11-6-4-10(15)5-7-11/h4-9,12H,1-3H3,(H,16,17)(H,18,19)/t9?,12-/m1/s1. The molecule has 0 aliphatic heterocycles. The predicted octanol–water partition coefficient (Wildman–Crippen LogP) is 2.33. The van der Waals surface area contributed by atoms with Gasteiger partial charge in [0.1, 0.15) is 11.8 Å². The van der Waals surface area contributed by atoms with Gasteiger partial charge in [-0.05, 0) is 37.1 Å². The summed E-state index contributed by atoms with van der Waals surface area (Å²) in [6.45, 7) is 5.01. The second-order valence-electron chi connectivity index (χ2n) is 4.78. The van der Waals surface area contributed by atoms with E-state index in [4.69, 9.17) is 21.4 Å². The van der Waals surface area contributed by atoms with E-state index in [0.717, 1.165) is 0 Å². The number of benzene rings is 1. The third-order valence-corrected chi connectivity index (χ3v) is 2.98. The second kappa shape index (κ2) is 7.14. The van der Waals surface area contributed by atoms with Crippen LogP contribution in [0.4, 0.5) is 0 Å². The number of hydrogen-bond acceptors (Lipinski definition) is 3. The molecule has 1 rings (SSSR count). The Balaban J connectivity index is 2.62. The molecule has 0 heterocycles. The summed E-state index contributed by atoms with van der Waals surface area (Å²) in [6, 6.07) is 5.65. The summed E-state index contributed by atoms with van der Waals surface area (Å²) in [4.78, 5) is 22.9. The Morgan fingerprint density at radius 2 is 1.75 bits per heavy atom. The van der Waals surface area contributed by atoms with E-state index in [9.17, 15) is 9.59 Å². The van der Waals surface area contributed by atoms with Crippen molar-refractivity contribution in [2.24, 2.45) is 5.92 Å². The molecule has 0 fully saturated rings. The maximum Gasteiger partial charge on any atom is 0.326 e. The van der Waals surface area contributed by atoms with Gasteiger partial charge in [-0.25, -0.2) is 4.79 Å². The van der Waals surface area contributed by atoms with Gasteiger partial charge in [-0.1, -0.05) is 25.4 Å². The number of aliphatic carboxylic acids is 1. The molecule has 2 atom stereocenters. The Labute approximate surface area is 122 Å². The molecule has 0 saturated carbocycles. The number of hydrogen-bond donors (Lipinski definition) is 2. The first-order chi connectivity index (χ1) is 9.31. The lowest BCUT2D eigenvalue weighted by molar-refractivity contribution is -0.144. The van der Waals surface area contributed by atoms with Crippen molar-refractivity contribution < 1.29 is 19.4 Å². The molecule has 0 bridgehead atoms. The Morgan fingerprint density at radius 1 is 1.20 bits per heavy atom. The summed E-state index contributed by atoms with van der Waals surface area (Å²) in [7, 11) is 0. The van der Waals surface area contributed by atoms with Crippen molar-refractivity contribution in [1.29, 1.82) is 0 Å². The van der Waals surface area contributed by atoms with E-state index in [1.54, 1.807) is 45.0 Å². The van der Waals surface area contributed by atoms with Crippen LogP contribution in [0.25, 0.3) is 0 Å². The van der Waals surface area contributed by atoms with Crippen molar-refractivity contribution in [3.05, 3.63) is 29.3 Å². The third kappa shape index (κ3) is 4.74. The minimum Gasteiger partial charge on any atom is -0.481 e. The van der Waals surface area contributed by atoms with Crippen LogP contribution in [0.5, 0.6) is 5.75 Å². The molecule has 6 heteroatoms. The van der Waals surface area contributed by atoms with E-state index < -0.39 is 24.0 Å². The van der Waals surface area contributed by atoms with E-state index in [-0.39, 0.29) is 5.92 Å². The van der Waals surface area contributed by atoms with Crippen molar-refractivity contribution in [3.8, 4) is 5.75 Å². The zero-order valence-electron chi connectivity index (χ0n) is 11.6. The molecule has 1 amide bonds. The number of nitrogens with one attached hydrogen (secondary N) is 1. The first-order valence-electron chi connectivity index (χ1n) is 6.26. The van der Waals surface area contributed by atoms with E-state index in [2.05, 4.69) is 5.32 Å². The molecule has 0 aliphatic carbocycles. The quantitative estimate of drug-likeness (QED) is 0.845. The minimum atomic E-state index is -1.06. The van der Waals surface area contributed by atoms with Gasteiger partial charge < -0.3 is 15.2 Å². The fraction of sp³-hybridized carbons (Fsp3) is 0.429. The van der Waals surface area contributed by atoms with Gasteiger partial charge in [-0.2, -0.15) is 0 Å². The molecule has 0 saturated heterocycles. The fourth-order valence-corrected chi connectivity index (χ4v) is 1.68. The Hall–Kier alpha value is -1.75. The van der Waals surface area contributed by atoms with Crippen LogP contribution in [-0.4, -0.2) is 29.1 Å². The molecule has 0 spiro atoms. The van der Waals surface area contributed by atoms with Crippen molar-refractivity contribution >= 4 is 23.5 Å². The molecule has 2 N–H and O–H groups in total. The topological polar surface area (TPSA) is 75.6 Å². The van der Waals surface area contributed by atoms with Crippen LogP contribution < -0.4 is 10.1 Å². The normalized spacial score (nSPS) is 13.7. The smallest absolute Gasteiger partial charge is 0.326 e. The molecular weight excluding hydrogens is 282 g/mol. The molecule has 1 aromatic carbocycles. The molecule has 1 aromatic rings. The zero-order chi connectivity index (χ0) is 15.3. The van der Waals surface area contributed by atoms with Crippen LogP contribution in [0, 0.1) is 5.92 Å². The van der Waals surface area contributed by atoms with E-state index in [1.807, 2.05) is 0 Å². The van der Waals surface area contributed by atoms with Crippen LogP contribution in [-0.2, 0) is 9.59 Å². The number of ether oxygens (including phenoxy) is 1. The lowest BCUT2D eigenvalue weighted by atomic mass is 10.0. The number of carbonyl (C=O) groups excluding carboxylic acids is 1. The van der Waals surface area contributed by atoms with Crippen molar-refractivity contribution in [3.63, 3.8) is 0 Å². The van der Waals surface area contributed by atoms with E-state index in [1.165, 1.54) is 0 Å². The number of carboxylic acid groups (broad SMARTS) is 1. The van der Waals surface area contributed by atoms with E-state index in [0.29, 0.717) is 10.8 Å². The highest BCUT2D eigenvalue weighted by molar-refractivity contribution is 6.30. The largest absolute Gasteiger partial charge is 0.481 e. The molecule has 5 nitrogen and oxygen atoms in total. The highest BCUT2D eigenvalue weighted by Crippen LogP contribution is 2.17. The summed E-state index contributed by atoms with van der Waals surface area (Å²) >= 11 is 5.75. The average molecular weight is 300 g/mol. The number of amides is 1. The molecule has 0 radical (unpaired) electrons. The molecule has 1 unspecified atom stereocenters. The maximum absolute atomic E-state index is 11.9. The van der Waals surface area contributed by atoms with Gasteiger partial charge in [0.25, 0.3) is 5.91 Å². The first kappa shape index (κ1) is 16.3. The summed E-state index contributed by atoms with van der Waals surface area (Å²) in [6.07, 6.45) is -0.795. The molecule has 20 heavy (non-hydrogen) atoms. The minimum absolute atomic E-state index is 0.209. The predicted molar refractivity (Wildman–Crippen MR) is 75.9 cm³/mol. The van der Waals surface area contributed by atoms with Crippen molar-refractivity contribution in [1.82, 2.24) is 5.32 Å². The van der Waals surface area contributed by atoms with Crippen molar-refractivity contribution in [2.45, 2.75) is 32.9 Å². The summed E-state index contributed by atoms with van der Waals surface area (Å²) in [5.74, 6) is -1.25. The monoisotopic (exact) mass is 299 g/mol. The number of halogens is 1. The highest BCUT2D eigenvalue weighted by Gasteiger charge is 2.26. The van der Waals surface area contributed by atoms with Crippen LogP contribution in [0.2, 0.25) is 5.02 Å². The summed E-state index contributed by atoms with van der Waals surface area (Å²) < 4.78 is 5.43. The fourth-order valence-electron chi connectivity index (χ4n) is 1.55. The Bertz CT molecular complexity index is 473. The SMILES string of the molecule is CC(Oc1ccc(Cl)cc1)C(=O)N[C@@H](C(=O)O)C(C)C. The maximum atomic E-state index is 11.9. The lowest BCUT2D eigenvalue weighted by Gasteiger charge is -2.21. The average Bonchev–Trinajstić information content (AvgIpc) is 2.37. The van der Waals surface area contributed by atoms with E-state index >= 15 is 0 Å². The van der Waals surface area contributed by atoms with Gasteiger partial charge in [0.15, 0.2) is 6.10 Å².